The summed E-state index contributed by atoms with van der Waals surface area (Å²) in [6.07, 6.45) is 3.06. The second kappa shape index (κ2) is 8.53. The van der Waals surface area contributed by atoms with Gasteiger partial charge in [-0.05, 0) is 55.5 Å². The maximum Gasteiger partial charge on any atom is 0.221 e. The molecule has 2 aromatic rings. The summed E-state index contributed by atoms with van der Waals surface area (Å²) in [5.74, 6) is 0.535. The average molecular weight is 324 g/mol. The van der Waals surface area contributed by atoms with E-state index in [9.17, 15) is 9.59 Å². The predicted octanol–water partition coefficient (Wildman–Crippen LogP) is 3.85. The Balaban J connectivity index is 1.90. The zero-order chi connectivity index (χ0) is 17.4. The minimum atomic E-state index is -0.114. The number of hydrogen-bond donors (Lipinski definition) is 2. The van der Waals surface area contributed by atoms with E-state index >= 15 is 0 Å². The maximum absolute atomic E-state index is 12.1. The molecule has 0 saturated heterocycles. The van der Waals surface area contributed by atoms with Crippen LogP contribution in [0.5, 0.6) is 5.75 Å². The lowest BCUT2D eigenvalue weighted by Gasteiger charge is -2.04. The molecule has 24 heavy (non-hydrogen) atoms. The Bertz CT molecular complexity index is 719. The van der Waals surface area contributed by atoms with E-state index in [4.69, 9.17) is 4.74 Å². The third kappa shape index (κ3) is 5.28. The zero-order valence-electron chi connectivity index (χ0n) is 13.7. The van der Waals surface area contributed by atoms with Crippen LogP contribution in [-0.4, -0.2) is 18.3 Å². The highest BCUT2D eigenvalue weighted by Crippen LogP contribution is 2.14. The number of allylic oxidation sites excluding steroid dienone is 1. The molecular formula is C19H20N2O3. The monoisotopic (exact) mass is 324 g/mol. The second-order valence-corrected chi connectivity index (χ2v) is 5.06. The van der Waals surface area contributed by atoms with Gasteiger partial charge >= 0.3 is 0 Å². The van der Waals surface area contributed by atoms with Crippen LogP contribution in [0.3, 0.4) is 0 Å². The van der Waals surface area contributed by atoms with Gasteiger partial charge in [0.2, 0.25) is 5.91 Å². The Morgan fingerprint density at radius 2 is 1.62 bits per heavy atom. The van der Waals surface area contributed by atoms with Crippen molar-refractivity contribution in [2.75, 3.05) is 17.2 Å². The lowest BCUT2D eigenvalue weighted by molar-refractivity contribution is -0.114. The molecule has 5 nitrogen and oxygen atoms in total. The van der Waals surface area contributed by atoms with Crippen LogP contribution in [0.25, 0.3) is 0 Å². The molecule has 0 atom stereocenters. The van der Waals surface area contributed by atoms with Crippen LogP contribution in [0, 0.1) is 0 Å². The van der Waals surface area contributed by atoms with Crippen LogP contribution in [0.15, 0.2) is 60.8 Å². The summed E-state index contributed by atoms with van der Waals surface area (Å²) in [6.45, 7) is 3.97. The average Bonchev–Trinajstić information content (AvgIpc) is 2.57. The summed E-state index contributed by atoms with van der Waals surface area (Å²) in [4.78, 5) is 23.0. The molecule has 0 bridgehead atoms. The van der Waals surface area contributed by atoms with Crippen molar-refractivity contribution in [2.45, 2.75) is 13.8 Å². The van der Waals surface area contributed by atoms with Gasteiger partial charge in [0.15, 0.2) is 5.78 Å². The highest BCUT2D eigenvalue weighted by Gasteiger charge is 2.02. The number of ketones is 1. The normalized spacial score (nSPS) is 10.4. The first-order valence-electron chi connectivity index (χ1n) is 7.66. The Morgan fingerprint density at radius 3 is 2.21 bits per heavy atom. The first-order chi connectivity index (χ1) is 11.6. The van der Waals surface area contributed by atoms with Crippen molar-refractivity contribution in [2.24, 2.45) is 0 Å². The van der Waals surface area contributed by atoms with Crippen molar-refractivity contribution >= 4 is 23.1 Å². The number of rotatable bonds is 7. The minimum absolute atomic E-state index is 0.0968. The first-order valence-corrected chi connectivity index (χ1v) is 7.66. The molecule has 0 fully saturated rings. The Hall–Kier alpha value is -3.08. The third-order valence-corrected chi connectivity index (χ3v) is 3.14. The quantitative estimate of drug-likeness (QED) is 0.599. The number of carbonyl (C=O) groups is 2. The molecule has 0 saturated carbocycles. The van der Waals surface area contributed by atoms with Crippen LogP contribution in [0.1, 0.15) is 24.2 Å². The van der Waals surface area contributed by atoms with E-state index < -0.39 is 0 Å². The number of amides is 1. The molecule has 124 valence electrons. The van der Waals surface area contributed by atoms with Crippen LogP contribution in [-0.2, 0) is 4.79 Å². The van der Waals surface area contributed by atoms with Gasteiger partial charge < -0.3 is 15.4 Å². The molecule has 0 aliphatic rings. The maximum atomic E-state index is 12.1. The first kappa shape index (κ1) is 17.3. The molecule has 0 aliphatic carbocycles. The standard InChI is InChI=1S/C19H20N2O3/c1-3-24-18-10-4-15(5-11-18)19(23)12-13-20-16-6-8-17(9-7-16)21-14(2)22/h4-13,20H,3H2,1-2H3,(H,21,22). The lowest BCUT2D eigenvalue weighted by Crippen LogP contribution is -2.05. The molecule has 2 N–H and O–H groups in total. The molecule has 5 heteroatoms. The Kier molecular flexibility index (Phi) is 6.14. The fourth-order valence-corrected chi connectivity index (χ4v) is 2.04. The van der Waals surface area contributed by atoms with Crippen molar-refractivity contribution < 1.29 is 14.3 Å². The van der Waals surface area contributed by atoms with Crippen LogP contribution < -0.4 is 15.4 Å². The van der Waals surface area contributed by atoms with Crippen molar-refractivity contribution in [1.29, 1.82) is 0 Å². The van der Waals surface area contributed by atoms with Gasteiger partial charge in [0, 0.05) is 36.1 Å². The van der Waals surface area contributed by atoms with Gasteiger partial charge in [0.1, 0.15) is 5.75 Å². The van der Waals surface area contributed by atoms with Gasteiger partial charge in [-0.1, -0.05) is 0 Å². The van der Waals surface area contributed by atoms with Crippen LogP contribution >= 0.6 is 0 Å². The molecular weight excluding hydrogens is 304 g/mol. The summed E-state index contributed by atoms with van der Waals surface area (Å²) < 4.78 is 5.35. The van der Waals surface area contributed by atoms with E-state index in [1.165, 1.54) is 13.0 Å². The van der Waals surface area contributed by atoms with E-state index in [1.54, 1.807) is 42.6 Å². The Morgan fingerprint density at radius 1 is 1.00 bits per heavy atom. The summed E-state index contributed by atoms with van der Waals surface area (Å²) in [5, 5.41) is 5.71. The van der Waals surface area contributed by atoms with E-state index in [2.05, 4.69) is 10.6 Å². The van der Waals surface area contributed by atoms with Gasteiger partial charge in [-0.2, -0.15) is 0 Å². The number of benzene rings is 2. The smallest absolute Gasteiger partial charge is 0.221 e. The van der Waals surface area contributed by atoms with Crippen molar-refractivity contribution in [3.63, 3.8) is 0 Å². The second-order valence-electron chi connectivity index (χ2n) is 5.06. The molecule has 0 spiro atoms. The third-order valence-electron chi connectivity index (χ3n) is 3.14. The molecule has 2 aromatic carbocycles. The topological polar surface area (TPSA) is 67.4 Å². The van der Waals surface area contributed by atoms with Crippen LogP contribution in [0.4, 0.5) is 11.4 Å². The van der Waals surface area contributed by atoms with Crippen molar-refractivity contribution in [1.82, 2.24) is 0 Å². The van der Waals surface area contributed by atoms with E-state index in [0.29, 0.717) is 12.2 Å². The molecule has 0 aromatic heterocycles. The minimum Gasteiger partial charge on any atom is -0.494 e. The SMILES string of the molecule is CCOc1ccc(C(=O)C=CNc2ccc(NC(C)=O)cc2)cc1. The highest BCUT2D eigenvalue weighted by molar-refractivity contribution is 6.04. The van der Waals surface area contributed by atoms with E-state index in [0.717, 1.165) is 17.1 Å². The van der Waals surface area contributed by atoms with E-state index in [1.807, 2.05) is 19.1 Å². The molecule has 0 heterocycles. The van der Waals surface area contributed by atoms with Crippen molar-refractivity contribution in [3.8, 4) is 5.75 Å². The van der Waals surface area contributed by atoms with E-state index in [-0.39, 0.29) is 11.7 Å². The van der Waals surface area contributed by atoms with Crippen LogP contribution in [0.2, 0.25) is 0 Å². The van der Waals surface area contributed by atoms with Gasteiger partial charge in [0.05, 0.1) is 6.61 Å². The van der Waals surface area contributed by atoms with Gasteiger partial charge in [-0.15, -0.1) is 0 Å². The number of ether oxygens (including phenoxy) is 1. The fourth-order valence-electron chi connectivity index (χ4n) is 2.04. The number of anilines is 2. The zero-order valence-corrected chi connectivity index (χ0v) is 13.7. The molecule has 0 aliphatic heterocycles. The number of hydrogen-bond acceptors (Lipinski definition) is 4. The van der Waals surface area contributed by atoms with Gasteiger partial charge in [0.25, 0.3) is 0 Å². The summed E-state index contributed by atoms with van der Waals surface area (Å²) in [7, 11) is 0. The largest absolute Gasteiger partial charge is 0.494 e. The molecule has 1 amide bonds. The van der Waals surface area contributed by atoms with Crippen molar-refractivity contribution in [3.05, 3.63) is 66.4 Å². The predicted molar refractivity (Wildman–Crippen MR) is 95.4 cm³/mol. The molecule has 0 unspecified atom stereocenters. The highest BCUT2D eigenvalue weighted by atomic mass is 16.5. The number of carbonyl (C=O) groups excluding carboxylic acids is 2. The van der Waals surface area contributed by atoms with Gasteiger partial charge in [-0.25, -0.2) is 0 Å². The molecule has 0 radical (unpaired) electrons. The fraction of sp³-hybridized carbons (Fsp3) is 0.158. The molecule has 2 rings (SSSR count). The summed E-state index contributed by atoms with van der Waals surface area (Å²) >= 11 is 0. The lowest BCUT2D eigenvalue weighted by atomic mass is 10.1. The summed E-state index contributed by atoms with van der Waals surface area (Å²) in [5.41, 5.74) is 2.14. The van der Waals surface area contributed by atoms with Gasteiger partial charge in [-0.3, -0.25) is 9.59 Å². The Labute approximate surface area is 141 Å². The summed E-state index contributed by atoms with van der Waals surface area (Å²) in [6, 6.07) is 14.2. The number of nitrogens with one attached hydrogen (secondary N) is 2.